The third-order valence-electron chi connectivity index (χ3n) is 2.43. The maximum absolute atomic E-state index is 13.8. The Morgan fingerprint density at radius 3 is 2.42 bits per heavy atom. The van der Waals surface area contributed by atoms with E-state index in [9.17, 15) is 17.9 Å². The molecule has 19 heavy (non-hydrogen) atoms. The molecule has 0 bridgehead atoms. The van der Waals surface area contributed by atoms with Crippen molar-refractivity contribution in [3.8, 4) is 0 Å². The molecule has 0 aliphatic heterocycles. The van der Waals surface area contributed by atoms with Crippen LogP contribution in [0.1, 0.15) is 20.8 Å². The van der Waals surface area contributed by atoms with E-state index < -0.39 is 21.4 Å². The van der Waals surface area contributed by atoms with Crippen molar-refractivity contribution < 1.29 is 17.9 Å². The van der Waals surface area contributed by atoms with Crippen LogP contribution in [0.15, 0.2) is 27.6 Å². The third kappa shape index (κ3) is 4.24. The lowest BCUT2D eigenvalue weighted by molar-refractivity contribution is 0.0601. The van der Waals surface area contributed by atoms with Crippen LogP contribution in [0, 0.1) is 5.82 Å². The van der Waals surface area contributed by atoms with E-state index in [2.05, 4.69) is 15.9 Å². The zero-order chi connectivity index (χ0) is 14.8. The summed E-state index contributed by atoms with van der Waals surface area (Å²) in [4.78, 5) is -0.387. The largest absolute Gasteiger partial charge is 0.389 e. The molecular weight excluding hydrogens is 337 g/mol. The monoisotopic (exact) mass is 353 g/mol. The van der Waals surface area contributed by atoms with Gasteiger partial charge in [0, 0.05) is 17.6 Å². The molecule has 0 fully saturated rings. The molecule has 0 aliphatic rings. The average molecular weight is 354 g/mol. The van der Waals surface area contributed by atoms with Crippen molar-refractivity contribution in [1.29, 1.82) is 0 Å². The molecule has 4 nitrogen and oxygen atoms in total. The van der Waals surface area contributed by atoms with E-state index in [0.29, 0.717) is 4.47 Å². The summed E-state index contributed by atoms with van der Waals surface area (Å²) >= 11 is 3.08. The van der Waals surface area contributed by atoms with Crippen molar-refractivity contribution in [2.24, 2.45) is 0 Å². The first-order valence-corrected chi connectivity index (χ1v) is 7.99. The van der Waals surface area contributed by atoms with E-state index >= 15 is 0 Å². The molecule has 0 unspecified atom stereocenters. The smallest absolute Gasteiger partial charge is 0.246 e. The normalized spacial score (nSPS) is 13.0. The second-order valence-electron chi connectivity index (χ2n) is 4.82. The number of nitrogens with zero attached hydrogens (tertiary/aromatic N) is 1. The van der Waals surface area contributed by atoms with E-state index in [1.165, 1.54) is 26.0 Å². The zero-order valence-corrected chi connectivity index (χ0v) is 13.4. The molecule has 7 heteroatoms. The molecule has 0 heterocycles. The zero-order valence-electron chi connectivity index (χ0n) is 11.0. The Labute approximate surface area is 121 Å². The van der Waals surface area contributed by atoms with E-state index in [1.807, 2.05) is 0 Å². The van der Waals surface area contributed by atoms with Gasteiger partial charge in [-0.3, -0.25) is 0 Å². The summed E-state index contributed by atoms with van der Waals surface area (Å²) in [6.07, 6.45) is 0. The fourth-order valence-electron chi connectivity index (χ4n) is 1.62. The lowest BCUT2D eigenvalue weighted by Gasteiger charge is -2.27. The Kier molecular flexibility index (Phi) is 5.11. The topological polar surface area (TPSA) is 57.6 Å². The molecule has 1 N–H and O–H groups in total. The quantitative estimate of drug-likeness (QED) is 0.883. The van der Waals surface area contributed by atoms with Crippen LogP contribution in [0.5, 0.6) is 0 Å². The molecule has 0 atom stereocenters. The van der Waals surface area contributed by atoms with Gasteiger partial charge in [0.05, 0.1) is 5.60 Å². The Bertz CT molecular complexity index is 555. The van der Waals surface area contributed by atoms with Crippen molar-refractivity contribution in [3.63, 3.8) is 0 Å². The number of likely N-dealkylation sites (N-methyl/N-ethyl adjacent to an activating group) is 1. The van der Waals surface area contributed by atoms with E-state index in [1.54, 1.807) is 6.92 Å². The van der Waals surface area contributed by atoms with Gasteiger partial charge in [-0.25, -0.2) is 12.8 Å². The van der Waals surface area contributed by atoms with Crippen LogP contribution in [0.2, 0.25) is 0 Å². The molecule has 0 aliphatic carbocycles. The fraction of sp³-hybridized carbons (Fsp3) is 0.500. The summed E-state index contributed by atoms with van der Waals surface area (Å²) in [6.45, 7) is 4.70. The van der Waals surface area contributed by atoms with Crippen LogP contribution in [-0.4, -0.2) is 36.5 Å². The van der Waals surface area contributed by atoms with E-state index in [4.69, 9.17) is 0 Å². The molecule has 108 valence electrons. The maximum Gasteiger partial charge on any atom is 0.246 e. The number of sulfonamides is 1. The molecule has 0 saturated carbocycles. The molecule has 0 spiro atoms. The number of rotatable bonds is 5. The average Bonchev–Trinajstić information content (AvgIpc) is 2.23. The highest BCUT2D eigenvalue weighted by Gasteiger charge is 2.30. The fourth-order valence-corrected chi connectivity index (χ4v) is 3.60. The molecule has 0 amide bonds. The van der Waals surface area contributed by atoms with Crippen LogP contribution < -0.4 is 0 Å². The van der Waals surface area contributed by atoms with Crippen LogP contribution >= 0.6 is 15.9 Å². The maximum atomic E-state index is 13.8. The van der Waals surface area contributed by atoms with Crippen LogP contribution in [-0.2, 0) is 10.0 Å². The highest BCUT2D eigenvalue weighted by Crippen LogP contribution is 2.23. The first-order chi connectivity index (χ1) is 8.58. The van der Waals surface area contributed by atoms with Crippen molar-refractivity contribution in [2.75, 3.05) is 13.1 Å². The van der Waals surface area contributed by atoms with E-state index in [0.717, 1.165) is 10.4 Å². The van der Waals surface area contributed by atoms with Crippen LogP contribution in [0.3, 0.4) is 0 Å². The molecule has 1 rings (SSSR count). The van der Waals surface area contributed by atoms with Crippen molar-refractivity contribution >= 4 is 26.0 Å². The van der Waals surface area contributed by atoms with Gasteiger partial charge in [-0.15, -0.1) is 0 Å². The minimum absolute atomic E-state index is 0.0959. The van der Waals surface area contributed by atoms with Gasteiger partial charge in [-0.05, 0) is 32.0 Å². The minimum atomic E-state index is -3.95. The van der Waals surface area contributed by atoms with Gasteiger partial charge in [0.15, 0.2) is 0 Å². The Morgan fingerprint density at radius 2 is 2.00 bits per heavy atom. The molecule has 1 aromatic rings. The second-order valence-corrected chi connectivity index (χ2v) is 7.64. The lowest BCUT2D eigenvalue weighted by atomic mass is 10.1. The number of hydrogen-bond donors (Lipinski definition) is 1. The molecular formula is C12H17BrFNO3S. The van der Waals surface area contributed by atoms with Crippen molar-refractivity contribution in [2.45, 2.75) is 31.3 Å². The molecule has 1 aromatic carbocycles. The molecule has 0 radical (unpaired) electrons. The van der Waals surface area contributed by atoms with Crippen LogP contribution in [0.4, 0.5) is 4.39 Å². The second kappa shape index (κ2) is 5.87. The predicted octanol–water partition coefficient (Wildman–Crippen LogP) is 2.37. The number of hydrogen-bond acceptors (Lipinski definition) is 3. The van der Waals surface area contributed by atoms with Crippen molar-refractivity contribution in [1.82, 2.24) is 4.31 Å². The highest BCUT2D eigenvalue weighted by atomic mass is 79.9. The minimum Gasteiger partial charge on any atom is -0.389 e. The van der Waals surface area contributed by atoms with Gasteiger partial charge in [-0.1, -0.05) is 22.9 Å². The highest BCUT2D eigenvalue weighted by molar-refractivity contribution is 9.10. The summed E-state index contributed by atoms with van der Waals surface area (Å²) < 4.78 is 40.0. The van der Waals surface area contributed by atoms with Gasteiger partial charge in [-0.2, -0.15) is 4.31 Å². The first kappa shape index (κ1) is 16.6. The Hall–Kier alpha value is -0.500. The van der Waals surface area contributed by atoms with Crippen molar-refractivity contribution in [3.05, 3.63) is 28.5 Å². The van der Waals surface area contributed by atoms with Gasteiger partial charge >= 0.3 is 0 Å². The van der Waals surface area contributed by atoms with Gasteiger partial charge < -0.3 is 5.11 Å². The summed E-state index contributed by atoms with van der Waals surface area (Å²) in [5, 5.41) is 9.74. The van der Waals surface area contributed by atoms with Crippen LogP contribution in [0.25, 0.3) is 0 Å². The number of halogens is 2. The summed E-state index contributed by atoms with van der Waals surface area (Å²) in [5.74, 6) is -0.816. The summed E-state index contributed by atoms with van der Waals surface area (Å²) in [6, 6.07) is 3.78. The molecule has 0 saturated heterocycles. The van der Waals surface area contributed by atoms with Gasteiger partial charge in [0.25, 0.3) is 0 Å². The Morgan fingerprint density at radius 1 is 1.42 bits per heavy atom. The third-order valence-corrected chi connectivity index (χ3v) is 4.88. The van der Waals surface area contributed by atoms with Gasteiger partial charge in [0.2, 0.25) is 10.0 Å². The molecule has 0 aromatic heterocycles. The van der Waals surface area contributed by atoms with E-state index in [-0.39, 0.29) is 18.0 Å². The summed E-state index contributed by atoms with van der Waals surface area (Å²) in [7, 11) is -3.95. The Balaban J connectivity index is 3.21. The summed E-state index contributed by atoms with van der Waals surface area (Å²) in [5.41, 5.74) is -1.19. The lowest BCUT2D eigenvalue weighted by Crippen LogP contribution is -2.42. The number of aliphatic hydroxyl groups is 1. The predicted molar refractivity (Wildman–Crippen MR) is 74.8 cm³/mol. The standard InChI is InChI=1S/C12H17BrFNO3S/c1-4-15(8-12(2,3)16)19(17,18)11-6-5-9(13)7-10(11)14/h5-7,16H,4,8H2,1-3H3. The van der Waals surface area contributed by atoms with Gasteiger partial charge in [0.1, 0.15) is 10.7 Å². The first-order valence-electron chi connectivity index (χ1n) is 5.75. The number of benzene rings is 1. The SMILES string of the molecule is CCN(CC(C)(C)O)S(=O)(=O)c1ccc(Br)cc1F.